The Bertz CT molecular complexity index is 597. The summed E-state index contributed by atoms with van der Waals surface area (Å²) in [6.07, 6.45) is 0. The Hall–Kier alpha value is -2.30. The second-order valence-corrected chi connectivity index (χ2v) is 3.81. The van der Waals surface area contributed by atoms with Gasteiger partial charge in [-0.15, -0.1) is 0 Å². The number of carbonyl (C=O) groups is 1. The summed E-state index contributed by atoms with van der Waals surface area (Å²) in [5.74, 6) is -4.99. The minimum Gasteiger partial charge on any atom is -0.457 e. The molecule has 2 aromatic carbocycles. The van der Waals surface area contributed by atoms with E-state index in [4.69, 9.17) is 4.74 Å². The zero-order chi connectivity index (χ0) is 13.8. The molecule has 0 fully saturated rings. The van der Waals surface area contributed by atoms with Crippen LogP contribution in [0, 0.1) is 17.5 Å². The van der Waals surface area contributed by atoms with Crippen LogP contribution in [0.5, 0.6) is 0 Å². The molecule has 0 aliphatic rings. The Balaban J connectivity index is 2.13. The summed E-state index contributed by atoms with van der Waals surface area (Å²) in [5, 5.41) is 0. The highest BCUT2D eigenvalue weighted by Crippen LogP contribution is 2.16. The van der Waals surface area contributed by atoms with Gasteiger partial charge in [0.2, 0.25) is 0 Å². The molecule has 5 heteroatoms. The lowest BCUT2D eigenvalue weighted by Gasteiger charge is -2.06. The van der Waals surface area contributed by atoms with E-state index in [9.17, 15) is 18.0 Å². The van der Waals surface area contributed by atoms with Crippen molar-refractivity contribution in [2.45, 2.75) is 6.61 Å². The zero-order valence-corrected chi connectivity index (χ0v) is 9.70. The van der Waals surface area contributed by atoms with Gasteiger partial charge in [-0.1, -0.05) is 30.3 Å². The molecule has 0 radical (unpaired) electrons. The van der Waals surface area contributed by atoms with Crippen molar-refractivity contribution in [2.24, 2.45) is 0 Å². The molecule has 2 aromatic rings. The quantitative estimate of drug-likeness (QED) is 0.628. The second-order valence-electron chi connectivity index (χ2n) is 3.81. The molecule has 0 bridgehead atoms. The van der Waals surface area contributed by atoms with E-state index in [-0.39, 0.29) is 6.61 Å². The number of hydrogen-bond acceptors (Lipinski definition) is 2. The van der Waals surface area contributed by atoms with Crippen LogP contribution in [0.25, 0.3) is 0 Å². The maximum Gasteiger partial charge on any atom is 0.341 e. The van der Waals surface area contributed by atoms with E-state index in [0.717, 1.165) is 0 Å². The van der Waals surface area contributed by atoms with Gasteiger partial charge in [0.1, 0.15) is 18.0 Å². The first-order valence-electron chi connectivity index (χ1n) is 5.43. The van der Waals surface area contributed by atoms with Gasteiger partial charge in [0.25, 0.3) is 0 Å². The van der Waals surface area contributed by atoms with Gasteiger partial charge in [0.05, 0.1) is 0 Å². The molecule has 0 aromatic heterocycles. The molecule has 0 unspecified atom stereocenters. The lowest BCUT2D eigenvalue weighted by molar-refractivity contribution is 0.0465. The van der Waals surface area contributed by atoms with Crippen LogP contribution in [0.3, 0.4) is 0 Å². The Morgan fingerprint density at radius 2 is 1.74 bits per heavy atom. The number of rotatable bonds is 3. The molecule has 0 saturated carbocycles. The third-order valence-electron chi connectivity index (χ3n) is 2.43. The van der Waals surface area contributed by atoms with Crippen LogP contribution in [-0.2, 0) is 11.3 Å². The maximum atomic E-state index is 13.3. The largest absolute Gasteiger partial charge is 0.457 e. The molecule has 0 N–H and O–H groups in total. The van der Waals surface area contributed by atoms with Gasteiger partial charge in [-0.3, -0.25) is 0 Å². The SMILES string of the molecule is O=C(OCc1ccccc1)c1cc(F)cc(F)c1F. The van der Waals surface area contributed by atoms with E-state index >= 15 is 0 Å². The fourth-order valence-corrected chi connectivity index (χ4v) is 1.51. The van der Waals surface area contributed by atoms with E-state index in [1.165, 1.54) is 0 Å². The Morgan fingerprint density at radius 3 is 2.42 bits per heavy atom. The number of esters is 1. The van der Waals surface area contributed by atoms with E-state index in [1.807, 2.05) is 0 Å². The summed E-state index contributed by atoms with van der Waals surface area (Å²) < 4.78 is 44.0. The maximum absolute atomic E-state index is 13.3. The van der Waals surface area contributed by atoms with Gasteiger partial charge in [-0.2, -0.15) is 0 Å². The normalized spacial score (nSPS) is 10.3. The topological polar surface area (TPSA) is 26.3 Å². The van der Waals surface area contributed by atoms with Crippen LogP contribution in [0.15, 0.2) is 42.5 Å². The van der Waals surface area contributed by atoms with Gasteiger partial charge in [-0.05, 0) is 11.6 Å². The Labute approximate surface area is 107 Å². The van der Waals surface area contributed by atoms with Crippen LogP contribution < -0.4 is 0 Å². The molecular weight excluding hydrogens is 257 g/mol. The predicted molar refractivity (Wildman–Crippen MR) is 61.9 cm³/mol. The number of hydrogen-bond donors (Lipinski definition) is 0. The lowest BCUT2D eigenvalue weighted by Crippen LogP contribution is -2.09. The third kappa shape index (κ3) is 3.13. The Morgan fingerprint density at radius 1 is 1.05 bits per heavy atom. The molecule has 0 aliphatic heterocycles. The molecular formula is C14H9F3O2. The van der Waals surface area contributed by atoms with Crippen LogP contribution in [0.1, 0.15) is 15.9 Å². The van der Waals surface area contributed by atoms with Crippen molar-refractivity contribution >= 4 is 5.97 Å². The Kier molecular flexibility index (Phi) is 3.85. The van der Waals surface area contributed by atoms with Crippen molar-refractivity contribution in [2.75, 3.05) is 0 Å². The summed E-state index contributed by atoms with van der Waals surface area (Å²) in [4.78, 5) is 11.5. The number of carbonyl (C=O) groups excluding carboxylic acids is 1. The zero-order valence-electron chi connectivity index (χ0n) is 9.70. The molecule has 0 amide bonds. The predicted octanol–water partition coefficient (Wildman–Crippen LogP) is 3.46. The smallest absolute Gasteiger partial charge is 0.341 e. The molecule has 98 valence electrons. The van der Waals surface area contributed by atoms with Crippen molar-refractivity contribution in [1.29, 1.82) is 0 Å². The van der Waals surface area contributed by atoms with Crippen LogP contribution in [-0.4, -0.2) is 5.97 Å². The van der Waals surface area contributed by atoms with Crippen molar-refractivity contribution in [1.82, 2.24) is 0 Å². The number of benzene rings is 2. The van der Waals surface area contributed by atoms with Crippen LogP contribution in [0.2, 0.25) is 0 Å². The fraction of sp³-hybridized carbons (Fsp3) is 0.0714. The fourth-order valence-electron chi connectivity index (χ4n) is 1.51. The molecule has 2 rings (SSSR count). The third-order valence-corrected chi connectivity index (χ3v) is 2.43. The molecule has 0 atom stereocenters. The van der Waals surface area contributed by atoms with E-state index in [0.29, 0.717) is 17.7 Å². The summed E-state index contributed by atoms with van der Waals surface area (Å²) in [5.41, 5.74) is -0.0680. The lowest BCUT2D eigenvalue weighted by atomic mass is 10.2. The first-order valence-corrected chi connectivity index (χ1v) is 5.43. The van der Waals surface area contributed by atoms with E-state index < -0.39 is 29.0 Å². The highest BCUT2D eigenvalue weighted by molar-refractivity contribution is 5.89. The minimum atomic E-state index is -1.42. The summed E-state index contributed by atoms with van der Waals surface area (Å²) in [7, 11) is 0. The molecule has 2 nitrogen and oxygen atoms in total. The van der Waals surface area contributed by atoms with Gasteiger partial charge >= 0.3 is 5.97 Å². The minimum absolute atomic E-state index is 0.1000. The number of ether oxygens (including phenoxy) is 1. The van der Waals surface area contributed by atoms with Crippen molar-refractivity contribution in [3.8, 4) is 0 Å². The second kappa shape index (κ2) is 5.56. The highest BCUT2D eigenvalue weighted by atomic mass is 19.2. The van der Waals surface area contributed by atoms with Crippen molar-refractivity contribution in [3.05, 3.63) is 71.0 Å². The monoisotopic (exact) mass is 266 g/mol. The first kappa shape index (κ1) is 13.1. The summed E-state index contributed by atoms with van der Waals surface area (Å²) in [6.45, 7) is -0.1000. The van der Waals surface area contributed by atoms with Crippen LogP contribution >= 0.6 is 0 Å². The van der Waals surface area contributed by atoms with E-state index in [2.05, 4.69) is 0 Å². The molecule has 0 spiro atoms. The molecule has 0 aliphatic carbocycles. The highest BCUT2D eigenvalue weighted by Gasteiger charge is 2.18. The van der Waals surface area contributed by atoms with Gasteiger partial charge in [0.15, 0.2) is 11.6 Å². The van der Waals surface area contributed by atoms with Gasteiger partial charge < -0.3 is 4.74 Å². The van der Waals surface area contributed by atoms with Crippen molar-refractivity contribution in [3.63, 3.8) is 0 Å². The summed E-state index contributed by atoms with van der Waals surface area (Å²) >= 11 is 0. The number of halogens is 3. The van der Waals surface area contributed by atoms with Gasteiger partial charge in [0, 0.05) is 6.07 Å². The standard InChI is InChI=1S/C14H9F3O2/c15-10-6-11(13(17)12(16)7-10)14(18)19-8-9-4-2-1-3-5-9/h1-7H,8H2. The first-order chi connectivity index (χ1) is 9.08. The molecule has 0 saturated heterocycles. The molecule has 19 heavy (non-hydrogen) atoms. The van der Waals surface area contributed by atoms with Gasteiger partial charge in [-0.25, -0.2) is 18.0 Å². The summed E-state index contributed by atoms with van der Waals surface area (Å²) in [6, 6.07) is 9.64. The average molecular weight is 266 g/mol. The van der Waals surface area contributed by atoms with Crippen LogP contribution in [0.4, 0.5) is 13.2 Å². The average Bonchev–Trinajstić information content (AvgIpc) is 2.41. The molecule has 0 heterocycles. The van der Waals surface area contributed by atoms with Crippen molar-refractivity contribution < 1.29 is 22.7 Å². The van der Waals surface area contributed by atoms with E-state index in [1.54, 1.807) is 30.3 Å².